The SMILES string of the molecule is Cc1cc(CN2CCC(C(=O)O)(C(C)C)C2)ccc1F. The number of rotatable bonds is 4. The van der Waals surface area contributed by atoms with Crippen LogP contribution in [0.15, 0.2) is 18.2 Å². The summed E-state index contributed by atoms with van der Waals surface area (Å²) in [6.45, 7) is 7.72. The molecular weight excluding hydrogens is 257 g/mol. The van der Waals surface area contributed by atoms with Crippen molar-refractivity contribution in [2.45, 2.75) is 33.7 Å². The summed E-state index contributed by atoms with van der Waals surface area (Å²) < 4.78 is 13.3. The molecule has 1 aliphatic heterocycles. The molecule has 1 heterocycles. The normalized spacial score (nSPS) is 23.4. The lowest BCUT2D eigenvalue weighted by Crippen LogP contribution is -2.39. The highest BCUT2D eigenvalue weighted by Crippen LogP contribution is 2.38. The van der Waals surface area contributed by atoms with Crippen LogP contribution in [0.5, 0.6) is 0 Å². The second-order valence-electron chi connectivity index (χ2n) is 6.16. The summed E-state index contributed by atoms with van der Waals surface area (Å²) in [5.74, 6) is -0.789. The van der Waals surface area contributed by atoms with Gasteiger partial charge in [0, 0.05) is 13.1 Å². The van der Waals surface area contributed by atoms with Crippen LogP contribution in [-0.4, -0.2) is 29.1 Å². The lowest BCUT2D eigenvalue weighted by atomic mass is 9.76. The van der Waals surface area contributed by atoms with E-state index in [1.807, 2.05) is 19.9 Å². The molecule has 4 heteroatoms. The Hall–Kier alpha value is -1.42. The fourth-order valence-corrected chi connectivity index (χ4v) is 3.01. The highest BCUT2D eigenvalue weighted by molar-refractivity contribution is 5.75. The summed E-state index contributed by atoms with van der Waals surface area (Å²) in [5, 5.41) is 9.52. The van der Waals surface area contributed by atoms with Crippen LogP contribution < -0.4 is 0 Å². The molecule has 0 bridgehead atoms. The average molecular weight is 279 g/mol. The van der Waals surface area contributed by atoms with Crippen LogP contribution in [-0.2, 0) is 11.3 Å². The number of hydrogen-bond donors (Lipinski definition) is 1. The summed E-state index contributed by atoms with van der Waals surface area (Å²) in [6, 6.07) is 5.09. The Morgan fingerprint density at radius 2 is 2.20 bits per heavy atom. The Morgan fingerprint density at radius 3 is 2.70 bits per heavy atom. The Bertz CT molecular complexity index is 515. The van der Waals surface area contributed by atoms with Gasteiger partial charge >= 0.3 is 5.97 Å². The number of carboxylic acids is 1. The smallest absolute Gasteiger partial charge is 0.311 e. The maximum atomic E-state index is 13.3. The molecule has 110 valence electrons. The maximum absolute atomic E-state index is 13.3. The van der Waals surface area contributed by atoms with Crippen molar-refractivity contribution in [2.24, 2.45) is 11.3 Å². The molecule has 1 N–H and O–H groups in total. The van der Waals surface area contributed by atoms with Gasteiger partial charge in [0.15, 0.2) is 0 Å². The van der Waals surface area contributed by atoms with Crippen LogP contribution in [0.4, 0.5) is 4.39 Å². The number of aliphatic carboxylic acids is 1. The number of likely N-dealkylation sites (tertiary alicyclic amines) is 1. The largest absolute Gasteiger partial charge is 0.481 e. The predicted octanol–water partition coefficient (Wildman–Crippen LogP) is 3.07. The Kier molecular flexibility index (Phi) is 4.14. The van der Waals surface area contributed by atoms with Crippen LogP contribution >= 0.6 is 0 Å². The van der Waals surface area contributed by atoms with Gasteiger partial charge in [-0.2, -0.15) is 0 Å². The number of nitrogens with zero attached hydrogens (tertiary/aromatic N) is 1. The van der Waals surface area contributed by atoms with Gasteiger partial charge in [-0.25, -0.2) is 4.39 Å². The molecule has 1 aromatic rings. The minimum absolute atomic E-state index is 0.111. The zero-order valence-corrected chi connectivity index (χ0v) is 12.3. The second-order valence-corrected chi connectivity index (χ2v) is 6.16. The Morgan fingerprint density at radius 1 is 1.50 bits per heavy atom. The zero-order chi connectivity index (χ0) is 14.9. The first-order valence-electron chi connectivity index (χ1n) is 7.06. The van der Waals surface area contributed by atoms with Gasteiger partial charge in [-0.1, -0.05) is 26.0 Å². The molecule has 2 rings (SSSR count). The van der Waals surface area contributed by atoms with E-state index in [0.29, 0.717) is 25.1 Å². The van der Waals surface area contributed by atoms with Gasteiger partial charge in [-0.05, 0) is 43.0 Å². The molecule has 1 aromatic carbocycles. The van der Waals surface area contributed by atoms with Crippen molar-refractivity contribution in [3.63, 3.8) is 0 Å². The fourth-order valence-electron chi connectivity index (χ4n) is 3.01. The van der Waals surface area contributed by atoms with Gasteiger partial charge < -0.3 is 5.11 Å². The van der Waals surface area contributed by atoms with Gasteiger partial charge in [-0.3, -0.25) is 9.69 Å². The highest BCUT2D eigenvalue weighted by Gasteiger charge is 2.46. The van der Waals surface area contributed by atoms with Gasteiger partial charge in [-0.15, -0.1) is 0 Å². The van der Waals surface area contributed by atoms with Crippen molar-refractivity contribution in [1.29, 1.82) is 0 Å². The summed E-state index contributed by atoms with van der Waals surface area (Å²) >= 11 is 0. The van der Waals surface area contributed by atoms with Crippen LogP contribution in [0, 0.1) is 24.1 Å². The molecule has 0 radical (unpaired) electrons. The summed E-state index contributed by atoms with van der Waals surface area (Å²) in [5.41, 5.74) is 1.03. The van der Waals surface area contributed by atoms with Crippen molar-refractivity contribution in [2.75, 3.05) is 13.1 Å². The quantitative estimate of drug-likeness (QED) is 0.921. The van der Waals surface area contributed by atoms with Crippen molar-refractivity contribution in [3.05, 3.63) is 35.1 Å². The van der Waals surface area contributed by atoms with E-state index in [-0.39, 0.29) is 11.7 Å². The Balaban J connectivity index is 2.09. The monoisotopic (exact) mass is 279 g/mol. The third-order valence-electron chi connectivity index (χ3n) is 4.54. The van der Waals surface area contributed by atoms with Crippen molar-refractivity contribution < 1.29 is 14.3 Å². The number of carbonyl (C=O) groups is 1. The minimum Gasteiger partial charge on any atom is -0.481 e. The van der Waals surface area contributed by atoms with Gasteiger partial charge in [0.1, 0.15) is 5.82 Å². The summed E-state index contributed by atoms with van der Waals surface area (Å²) in [4.78, 5) is 13.7. The molecule has 3 nitrogen and oxygen atoms in total. The lowest BCUT2D eigenvalue weighted by molar-refractivity contribution is -0.151. The van der Waals surface area contributed by atoms with E-state index in [9.17, 15) is 14.3 Å². The van der Waals surface area contributed by atoms with Crippen molar-refractivity contribution in [3.8, 4) is 0 Å². The van der Waals surface area contributed by atoms with Gasteiger partial charge in [0.05, 0.1) is 5.41 Å². The average Bonchev–Trinajstić information content (AvgIpc) is 2.79. The topological polar surface area (TPSA) is 40.5 Å². The van der Waals surface area contributed by atoms with Crippen LogP contribution in [0.3, 0.4) is 0 Å². The number of hydrogen-bond acceptors (Lipinski definition) is 2. The van der Waals surface area contributed by atoms with Crippen LogP contribution in [0.2, 0.25) is 0 Å². The number of aryl methyl sites for hydroxylation is 1. The molecule has 20 heavy (non-hydrogen) atoms. The van der Waals surface area contributed by atoms with E-state index in [2.05, 4.69) is 4.90 Å². The molecule has 0 spiro atoms. The van der Waals surface area contributed by atoms with E-state index < -0.39 is 11.4 Å². The predicted molar refractivity (Wildman–Crippen MR) is 75.9 cm³/mol. The molecule has 1 aliphatic rings. The fraction of sp³-hybridized carbons (Fsp3) is 0.562. The highest BCUT2D eigenvalue weighted by atomic mass is 19.1. The molecule has 1 fully saturated rings. The summed E-state index contributed by atoms with van der Waals surface area (Å²) in [6.07, 6.45) is 0.681. The standard InChI is InChI=1S/C16H22FNO2/c1-11(2)16(15(19)20)6-7-18(10-16)9-13-4-5-14(17)12(3)8-13/h4-5,8,11H,6-7,9-10H2,1-3H3,(H,19,20). The third kappa shape index (κ3) is 2.70. The molecule has 0 saturated carbocycles. The summed E-state index contributed by atoms with van der Waals surface area (Å²) in [7, 11) is 0. The molecular formula is C16H22FNO2. The van der Waals surface area contributed by atoms with Crippen LogP contribution in [0.1, 0.15) is 31.4 Å². The molecule has 1 atom stereocenters. The molecule has 0 aliphatic carbocycles. The number of benzene rings is 1. The second kappa shape index (κ2) is 5.52. The van der Waals surface area contributed by atoms with Crippen LogP contribution in [0.25, 0.3) is 0 Å². The molecule has 0 aromatic heterocycles. The van der Waals surface area contributed by atoms with Gasteiger partial charge in [0.25, 0.3) is 0 Å². The number of carboxylic acid groups (broad SMARTS) is 1. The van der Waals surface area contributed by atoms with E-state index >= 15 is 0 Å². The molecule has 0 amide bonds. The molecule has 1 saturated heterocycles. The van der Waals surface area contributed by atoms with E-state index in [4.69, 9.17) is 0 Å². The Labute approximate surface area is 119 Å². The first-order chi connectivity index (χ1) is 9.35. The minimum atomic E-state index is -0.703. The van der Waals surface area contributed by atoms with E-state index in [1.54, 1.807) is 13.0 Å². The van der Waals surface area contributed by atoms with Crippen molar-refractivity contribution >= 4 is 5.97 Å². The van der Waals surface area contributed by atoms with Crippen molar-refractivity contribution in [1.82, 2.24) is 4.90 Å². The van der Waals surface area contributed by atoms with E-state index in [1.165, 1.54) is 6.07 Å². The van der Waals surface area contributed by atoms with Gasteiger partial charge in [0.2, 0.25) is 0 Å². The lowest BCUT2D eigenvalue weighted by Gasteiger charge is -2.28. The third-order valence-corrected chi connectivity index (χ3v) is 4.54. The first-order valence-corrected chi connectivity index (χ1v) is 7.06. The maximum Gasteiger partial charge on any atom is 0.311 e. The molecule has 1 unspecified atom stereocenters. The first kappa shape index (κ1) is 15.0. The van der Waals surface area contributed by atoms with E-state index in [0.717, 1.165) is 12.1 Å². The zero-order valence-electron chi connectivity index (χ0n) is 12.3. The number of halogens is 1.